The molecule has 3 amide bonds. The number of aliphatic carboxylic acids is 1. The molecule has 7 nitrogen and oxygen atoms in total. The third-order valence-corrected chi connectivity index (χ3v) is 3.02. The molecule has 106 valence electrons. The number of nitrogens with zero attached hydrogens (tertiary/aromatic N) is 1. The molecule has 1 fully saturated rings. The summed E-state index contributed by atoms with van der Waals surface area (Å²) in [5.41, 5.74) is 1.05. The Morgan fingerprint density at radius 3 is 2.50 bits per heavy atom. The Hall–Kier alpha value is -2.57. The van der Waals surface area contributed by atoms with Crippen molar-refractivity contribution in [1.82, 2.24) is 10.6 Å². The van der Waals surface area contributed by atoms with Crippen LogP contribution in [0.4, 0.5) is 10.5 Å². The van der Waals surface area contributed by atoms with Crippen LogP contribution in [0, 0.1) is 0 Å². The van der Waals surface area contributed by atoms with Crippen LogP contribution < -0.4 is 15.5 Å². The van der Waals surface area contributed by atoms with Crippen molar-refractivity contribution in [2.45, 2.75) is 13.0 Å². The number of hydrogen-bond donors (Lipinski definition) is 3. The SMILES string of the molecule is C[C@H](NC(=O)c1ccc(N2CCNC2=O)cc1)C(=O)O. The zero-order valence-electron chi connectivity index (χ0n) is 10.9. The van der Waals surface area contributed by atoms with E-state index < -0.39 is 17.9 Å². The van der Waals surface area contributed by atoms with E-state index in [1.807, 2.05) is 0 Å². The van der Waals surface area contributed by atoms with Gasteiger partial charge >= 0.3 is 12.0 Å². The van der Waals surface area contributed by atoms with Gasteiger partial charge in [0.2, 0.25) is 0 Å². The van der Waals surface area contributed by atoms with Gasteiger partial charge in [0.15, 0.2) is 0 Å². The summed E-state index contributed by atoms with van der Waals surface area (Å²) in [4.78, 5) is 35.5. The summed E-state index contributed by atoms with van der Waals surface area (Å²) in [6.45, 7) is 2.57. The fourth-order valence-electron chi connectivity index (χ4n) is 1.85. The molecule has 1 aliphatic rings. The summed E-state index contributed by atoms with van der Waals surface area (Å²) in [7, 11) is 0. The van der Waals surface area contributed by atoms with Gasteiger partial charge in [-0.2, -0.15) is 0 Å². The largest absolute Gasteiger partial charge is 0.480 e. The first-order valence-corrected chi connectivity index (χ1v) is 6.18. The Labute approximate surface area is 115 Å². The van der Waals surface area contributed by atoms with Crippen LogP contribution in [-0.2, 0) is 4.79 Å². The molecule has 0 aliphatic carbocycles. The van der Waals surface area contributed by atoms with E-state index in [1.165, 1.54) is 6.92 Å². The Morgan fingerprint density at radius 2 is 2.00 bits per heavy atom. The molecule has 0 spiro atoms. The van der Waals surface area contributed by atoms with Crippen molar-refractivity contribution in [2.75, 3.05) is 18.0 Å². The normalized spacial score (nSPS) is 15.7. The summed E-state index contributed by atoms with van der Waals surface area (Å²) in [5, 5.41) is 13.8. The molecule has 1 atom stereocenters. The van der Waals surface area contributed by atoms with Crippen LogP contribution >= 0.6 is 0 Å². The number of hydrogen-bond acceptors (Lipinski definition) is 3. The maximum atomic E-state index is 11.8. The van der Waals surface area contributed by atoms with Crippen LogP contribution in [0.1, 0.15) is 17.3 Å². The van der Waals surface area contributed by atoms with E-state index >= 15 is 0 Å². The molecule has 0 unspecified atom stereocenters. The van der Waals surface area contributed by atoms with Crippen molar-refractivity contribution >= 4 is 23.6 Å². The third kappa shape index (κ3) is 2.87. The van der Waals surface area contributed by atoms with E-state index in [0.29, 0.717) is 24.3 Å². The topological polar surface area (TPSA) is 98.7 Å². The van der Waals surface area contributed by atoms with E-state index in [-0.39, 0.29) is 6.03 Å². The molecule has 20 heavy (non-hydrogen) atoms. The highest BCUT2D eigenvalue weighted by molar-refractivity contribution is 5.98. The number of anilines is 1. The third-order valence-electron chi connectivity index (χ3n) is 3.02. The minimum Gasteiger partial charge on any atom is -0.480 e. The summed E-state index contributed by atoms with van der Waals surface area (Å²) in [6, 6.07) is 5.32. The molecule has 0 bridgehead atoms. The van der Waals surface area contributed by atoms with Crippen LogP contribution in [0.25, 0.3) is 0 Å². The van der Waals surface area contributed by atoms with E-state index in [1.54, 1.807) is 29.2 Å². The number of nitrogens with one attached hydrogen (secondary N) is 2. The number of benzene rings is 1. The number of carbonyl (C=O) groups excluding carboxylic acids is 2. The smallest absolute Gasteiger partial charge is 0.325 e. The highest BCUT2D eigenvalue weighted by atomic mass is 16.4. The Kier molecular flexibility index (Phi) is 3.88. The minimum absolute atomic E-state index is 0.165. The molecule has 1 aliphatic heterocycles. The maximum Gasteiger partial charge on any atom is 0.325 e. The van der Waals surface area contributed by atoms with Gasteiger partial charge in [0, 0.05) is 24.3 Å². The number of urea groups is 1. The van der Waals surface area contributed by atoms with Crippen molar-refractivity contribution in [3.63, 3.8) is 0 Å². The quantitative estimate of drug-likeness (QED) is 0.742. The fraction of sp³-hybridized carbons (Fsp3) is 0.308. The van der Waals surface area contributed by atoms with Crippen LogP contribution in [-0.4, -0.2) is 42.1 Å². The Bertz CT molecular complexity index is 541. The summed E-state index contributed by atoms with van der Waals surface area (Å²) in [6.07, 6.45) is 0. The van der Waals surface area contributed by atoms with Crippen LogP contribution in [0.5, 0.6) is 0 Å². The molecule has 1 saturated heterocycles. The maximum absolute atomic E-state index is 11.8. The summed E-state index contributed by atoms with van der Waals surface area (Å²) >= 11 is 0. The lowest BCUT2D eigenvalue weighted by atomic mass is 10.1. The predicted octanol–water partition coefficient (Wildman–Crippen LogP) is 0.419. The minimum atomic E-state index is -1.09. The molecular weight excluding hydrogens is 262 g/mol. The van der Waals surface area contributed by atoms with Gasteiger partial charge < -0.3 is 15.7 Å². The highest BCUT2D eigenvalue weighted by Crippen LogP contribution is 2.17. The first kappa shape index (κ1) is 13.9. The lowest BCUT2D eigenvalue weighted by Gasteiger charge is -2.15. The van der Waals surface area contributed by atoms with Gasteiger partial charge in [0.05, 0.1) is 0 Å². The molecule has 0 saturated carbocycles. The van der Waals surface area contributed by atoms with Crippen molar-refractivity contribution < 1.29 is 19.5 Å². The summed E-state index contributed by atoms with van der Waals surface area (Å²) in [5.74, 6) is -1.55. The van der Waals surface area contributed by atoms with E-state index in [9.17, 15) is 14.4 Å². The Balaban J connectivity index is 2.06. The molecule has 1 aromatic rings. The number of rotatable bonds is 4. The van der Waals surface area contributed by atoms with Crippen molar-refractivity contribution in [1.29, 1.82) is 0 Å². The molecule has 1 aromatic carbocycles. The van der Waals surface area contributed by atoms with E-state index in [0.717, 1.165) is 0 Å². The molecule has 2 rings (SSSR count). The monoisotopic (exact) mass is 277 g/mol. The number of amides is 3. The number of carboxylic acids is 1. The number of carbonyl (C=O) groups is 3. The van der Waals surface area contributed by atoms with Crippen molar-refractivity contribution in [2.24, 2.45) is 0 Å². The standard InChI is InChI=1S/C13H15N3O4/c1-8(12(18)19)15-11(17)9-2-4-10(5-3-9)16-7-6-14-13(16)20/h2-5,8H,6-7H2,1H3,(H,14,20)(H,15,17)(H,18,19)/t8-/m0/s1. The molecule has 3 N–H and O–H groups in total. The Morgan fingerprint density at radius 1 is 1.35 bits per heavy atom. The van der Waals surface area contributed by atoms with Gasteiger partial charge in [-0.3, -0.25) is 14.5 Å². The fourth-order valence-corrected chi connectivity index (χ4v) is 1.85. The average Bonchev–Trinajstić information content (AvgIpc) is 2.85. The van der Waals surface area contributed by atoms with Crippen LogP contribution in [0.2, 0.25) is 0 Å². The summed E-state index contributed by atoms with van der Waals surface area (Å²) < 4.78 is 0. The molecule has 0 aromatic heterocycles. The molecular formula is C13H15N3O4. The van der Waals surface area contributed by atoms with Gasteiger partial charge in [-0.25, -0.2) is 4.79 Å². The molecule has 0 radical (unpaired) electrons. The van der Waals surface area contributed by atoms with Gasteiger partial charge in [-0.1, -0.05) is 0 Å². The van der Waals surface area contributed by atoms with Gasteiger partial charge in [0.1, 0.15) is 6.04 Å². The second-order valence-corrected chi connectivity index (χ2v) is 4.46. The van der Waals surface area contributed by atoms with Crippen LogP contribution in [0.3, 0.4) is 0 Å². The van der Waals surface area contributed by atoms with Crippen molar-refractivity contribution in [3.8, 4) is 0 Å². The lowest BCUT2D eigenvalue weighted by molar-refractivity contribution is -0.138. The number of carboxylic acid groups (broad SMARTS) is 1. The zero-order valence-corrected chi connectivity index (χ0v) is 10.9. The van der Waals surface area contributed by atoms with Crippen molar-refractivity contribution in [3.05, 3.63) is 29.8 Å². The highest BCUT2D eigenvalue weighted by Gasteiger charge is 2.21. The first-order valence-electron chi connectivity index (χ1n) is 6.18. The first-order chi connectivity index (χ1) is 9.49. The van der Waals surface area contributed by atoms with Gasteiger partial charge in [-0.15, -0.1) is 0 Å². The van der Waals surface area contributed by atoms with E-state index in [4.69, 9.17) is 5.11 Å². The van der Waals surface area contributed by atoms with Crippen LogP contribution in [0.15, 0.2) is 24.3 Å². The molecule has 1 heterocycles. The van der Waals surface area contributed by atoms with Gasteiger partial charge in [-0.05, 0) is 31.2 Å². The molecule has 7 heteroatoms. The lowest BCUT2D eigenvalue weighted by Crippen LogP contribution is -2.38. The van der Waals surface area contributed by atoms with Gasteiger partial charge in [0.25, 0.3) is 5.91 Å². The second-order valence-electron chi connectivity index (χ2n) is 4.46. The second kappa shape index (κ2) is 5.60. The van der Waals surface area contributed by atoms with E-state index in [2.05, 4.69) is 10.6 Å². The predicted molar refractivity (Wildman–Crippen MR) is 71.8 cm³/mol. The average molecular weight is 277 g/mol. The zero-order chi connectivity index (χ0) is 14.7.